The van der Waals surface area contributed by atoms with E-state index < -0.39 is 0 Å². The van der Waals surface area contributed by atoms with Crippen LogP contribution in [0, 0.1) is 0 Å². The summed E-state index contributed by atoms with van der Waals surface area (Å²) >= 11 is 0. The molecule has 0 heterocycles. The molecular weight excluding hydrogens is 244 g/mol. The molecule has 3 rings (SSSR count). The predicted molar refractivity (Wildman–Crippen MR) is 87.1 cm³/mol. The van der Waals surface area contributed by atoms with E-state index in [1.165, 1.54) is 68.1 Å². The Morgan fingerprint density at radius 3 is 2.05 bits per heavy atom. The number of hydrogen-bond donors (Lipinski definition) is 2. The van der Waals surface area contributed by atoms with Gasteiger partial charge in [0.15, 0.2) is 0 Å². The summed E-state index contributed by atoms with van der Waals surface area (Å²) in [6.45, 7) is 2.23. The number of hydrogen-bond acceptors (Lipinski definition) is 2. The topological polar surface area (TPSA) is 52.0 Å². The maximum atomic E-state index is 6.56. The van der Waals surface area contributed by atoms with Gasteiger partial charge in [-0.1, -0.05) is 32.6 Å². The van der Waals surface area contributed by atoms with E-state index in [2.05, 4.69) is 13.0 Å². The van der Waals surface area contributed by atoms with Crippen molar-refractivity contribution in [2.24, 2.45) is 0 Å². The molecule has 2 aliphatic carbocycles. The Morgan fingerprint density at radius 1 is 0.950 bits per heavy atom. The highest BCUT2D eigenvalue weighted by molar-refractivity contribution is 5.70. The average molecular weight is 272 g/mol. The van der Waals surface area contributed by atoms with Gasteiger partial charge in [-0.15, -0.1) is 0 Å². The summed E-state index contributed by atoms with van der Waals surface area (Å²) in [6, 6.07) is 2.28. The van der Waals surface area contributed by atoms with Crippen molar-refractivity contribution in [3.63, 3.8) is 0 Å². The molecule has 2 saturated carbocycles. The molecular formula is C18H28N2. The van der Waals surface area contributed by atoms with Gasteiger partial charge < -0.3 is 11.5 Å². The normalized spacial score (nSPS) is 20.9. The zero-order chi connectivity index (χ0) is 14.1. The highest BCUT2D eigenvalue weighted by Gasteiger charge is 2.27. The van der Waals surface area contributed by atoms with Crippen molar-refractivity contribution in [3.8, 4) is 0 Å². The van der Waals surface area contributed by atoms with E-state index >= 15 is 0 Å². The van der Waals surface area contributed by atoms with Gasteiger partial charge >= 0.3 is 0 Å². The van der Waals surface area contributed by atoms with Crippen LogP contribution in [-0.4, -0.2) is 0 Å². The van der Waals surface area contributed by atoms with E-state index in [0.717, 1.165) is 17.8 Å². The van der Waals surface area contributed by atoms with Crippen LogP contribution in [0.25, 0.3) is 0 Å². The van der Waals surface area contributed by atoms with Gasteiger partial charge in [-0.25, -0.2) is 0 Å². The van der Waals surface area contributed by atoms with Gasteiger partial charge in [-0.3, -0.25) is 0 Å². The van der Waals surface area contributed by atoms with Gasteiger partial charge in [-0.2, -0.15) is 0 Å². The lowest BCUT2D eigenvalue weighted by Gasteiger charge is -2.24. The number of benzene rings is 1. The maximum Gasteiger partial charge on any atom is 0.0405 e. The smallest absolute Gasteiger partial charge is 0.0405 e. The van der Waals surface area contributed by atoms with Crippen molar-refractivity contribution in [3.05, 3.63) is 22.8 Å². The lowest BCUT2D eigenvalue weighted by Crippen LogP contribution is -2.11. The standard InChI is InChI=1S/C18H28N2/c1-2-14-15(12-7-3-4-8-12)11-16(19)17(18(14)20)13-9-5-6-10-13/h11-13H,2-10,19-20H2,1H3. The van der Waals surface area contributed by atoms with Crippen LogP contribution in [-0.2, 0) is 6.42 Å². The van der Waals surface area contributed by atoms with E-state index in [4.69, 9.17) is 11.5 Å². The molecule has 0 amide bonds. The first-order valence-corrected chi connectivity index (χ1v) is 8.43. The van der Waals surface area contributed by atoms with E-state index in [9.17, 15) is 0 Å². The summed E-state index contributed by atoms with van der Waals surface area (Å²) in [5.41, 5.74) is 19.1. The van der Waals surface area contributed by atoms with Crippen LogP contribution in [0.15, 0.2) is 6.07 Å². The molecule has 0 radical (unpaired) electrons. The summed E-state index contributed by atoms with van der Waals surface area (Å²) in [5.74, 6) is 1.31. The fraction of sp³-hybridized carbons (Fsp3) is 0.667. The number of rotatable bonds is 3. The molecule has 2 aliphatic rings. The van der Waals surface area contributed by atoms with Crippen LogP contribution in [0.1, 0.15) is 86.8 Å². The lowest BCUT2D eigenvalue weighted by atomic mass is 9.84. The highest BCUT2D eigenvalue weighted by Crippen LogP contribution is 2.45. The quantitative estimate of drug-likeness (QED) is 0.782. The molecule has 2 fully saturated rings. The van der Waals surface area contributed by atoms with Crippen molar-refractivity contribution in [1.29, 1.82) is 0 Å². The fourth-order valence-corrected chi connectivity index (χ4v) is 4.47. The largest absolute Gasteiger partial charge is 0.398 e. The second-order valence-corrected chi connectivity index (χ2v) is 6.68. The van der Waals surface area contributed by atoms with Gasteiger partial charge in [0.2, 0.25) is 0 Å². The zero-order valence-electron chi connectivity index (χ0n) is 12.8. The summed E-state index contributed by atoms with van der Waals surface area (Å²) in [7, 11) is 0. The van der Waals surface area contributed by atoms with Crippen molar-refractivity contribution < 1.29 is 0 Å². The lowest BCUT2D eigenvalue weighted by molar-refractivity contribution is 0.704. The second kappa shape index (κ2) is 5.67. The minimum atomic E-state index is 0.609. The van der Waals surface area contributed by atoms with Gasteiger partial charge in [-0.05, 0) is 61.1 Å². The van der Waals surface area contributed by atoms with Crippen molar-refractivity contribution in [1.82, 2.24) is 0 Å². The van der Waals surface area contributed by atoms with Gasteiger partial charge in [0.1, 0.15) is 0 Å². The third-order valence-electron chi connectivity index (χ3n) is 5.50. The van der Waals surface area contributed by atoms with E-state index in [0.29, 0.717) is 11.8 Å². The molecule has 2 nitrogen and oxygen atoms in total. The molecule has 20 heavy (non-hydrogen) atoms. The van der Waals surface area contributed by atoms with Crippen LogP contribution >= 0.6 is 0 Å². The number of nitrogen functional groups attached to an aromatic ring is 2. The molecule has 1 aromatic carbocycles. The van der Waals surface area contributed by atoms with Crippen LogP contribution in [0.3, 0.4) is 0 Å². The molecule has 0 bridgehead atoms. The molecule has 1 aromatic rings. The molecule has 0 spiro atoms. The van der Waals surface area contributed by atoms with Crippen molar-refractivity contribution >= 4 is 11.4 Å². The molecule has 0 aliphatic heterocycles. The predicted octanol–water partition coefficient (Wildman–Crippen LogP) is 4.73. The third-order valence-corrected chi connectivity index (χ3v) is 5.50. The molecule has 0 aromatic heterocycles. The Hall–Kier alpha value is -1.18. The molecule has 4 N–H and O–H groups in total. The fourth-order valence-electron chi connectivity index (χ4n) is 4.47. The Labute approximate surface area is 122 Å². The first-order valence-electron chi connectivity index (χ1n) is 8.43. The first-order chi connectivity index (χ1) is 9.72. The van der Waals surface area contributed by atoms with Gasteiger partial charge in [0.25, 0.3) is 0 Å². The summed E-state index contributed by atoms with van der Waals surface area (Å²) in [6.07, 6.45) is 11.6. The Kier molecular flexibility index (Phi) is 3.91. The monoisotopic (exact) mass is 272 g/mol. The Balaban J connectivity index is 2.04. The number of nitrogens with two attached hydrogens (primary N) is 2. The Bertz CT molecular complexity index is 481. The Morgan fingerprint density at radius 2 is 1.50 bits per heavy atom. The minimum absolute atomic E-state index is 0.609. The minimum Gasteiger partial charge on any atom is -0.398 e. The van der Waals surface area contributed by atoms with Gasteiger partial charge in [0, 0.05) is 16.9 Å². The highest BCUT2D eigenvalue weighted by atomic mass is 14.6. The zero-order valence-corrected chi connectivity index (χ0v) is 12.8. The summed E-state index contributed by atoms with van der Waals surface area (Å²) < 4.78 is 0. The second-order valence-electron chi connectivity index (χ2n) is 6.68. The molecule has 0 saturated heterocycles. The van der Waals surface area contributed by atoms with E-state index in [1.807, 2.05) is 0 Å². The molecule has 0 unspecified atom stereocenters. The third kappa shape index (κ3) is 2.30. The van der Waals surface area contributed by atoms with Crippen LogP contribution in [0.2, 0.25) is 0 Å². The van der Waals surface area contributed by atoms with Crippen molar-refractivity contribution in [2.45, 2.75) is 76.5 Å². The summed E-state index contributed by atoms with van der Waals surface area (Å²) in [5, 5.41) is 0. The molecule has 110 valence electrons. The summed E-state index contributed by atoms with van der Waals surface area (Å²) in [4.78, 5) is 0. The molecule has 2 heteroatoms. The SMILES string of the molecule is CCc1c(C2CCCC2)cc(N)c(C2CCCC2)c1N. The number of anilines is 2. The van der Waals surface area contributed by atoms with E-state index in [-0.39, 0.29) is 0 Å². The van der Waals surface area contributed by atoms with Crippen LogP contribution in [0.5, 0.6) is 0 Å². The maximum absolute atomic E-state index is 6.56. The van der Waals surface area contributed by atoms with Crippen molar-refractivity contribution in [2.75, 3.05) is 11.5 Å². The molecule has 0 atom stereocenters. The first kappa shape index (κ1) is 13.8. The van der Waals surface area contributed by atoms with E-state index in [1.54, 1.807) is 0 Å². The van der Waals surface area contributed by atoms with Crippen LogP contribution < -0.4 is 11.5 Å². The average Bonchev–Trinajstić information content (AvgIpc) is 3.11. The van der Waals surface area contributed by atoms with Gasteiger partial charge in [0.05, 0.1) is 0 Å². The van der Waals surface area contributed by atoms with Crippen LogP contribution in [0.4, 0.5) is 11.4 Å².